The second kappa shape index (κ2) is 12.0. The molecule has 1 nitrogen and oxygen atoms in total. The zero-order chi connectivity index (χ0) is 24.5. The minimum absolute atomic E-state index is 0.164. The van der Waals surface area contributed by atoms with Gasteiger partial charge in [0.2, 0.25) is 0 Å². The summed E-state index contributed by atoms with van der Waals surface area (Å²) in [7, 11) is 0. The third-order valence-corrected chi connectivity index (χ3v) is 6.57. The molecular formula is C33H36O. The molecule has 0 aromatic heterocycles. The van der Waals surface area contributed by atoms with E-state index < -0.39 is 0 Å². The summed E-state index contributed by atoms with van der Waals surface area (Å²) in [6.07, 6.45) is 9.74. The van der Waals surface area contributed by atoms with Crippen molar-refractivity contribution in [2.45, 2.75) is 45.4 Å². The van der Waals surface area contributed by atoms with Gasteiger partial charge >= 0.3 is 0 Å². The molecule has 0 aliphatic rings. The first kappa shape index (κ1) is 25.1. The van der Waals surface area contributed by atoms with Crippen molar-refractivity contribution in [3.05, 3.63) is 150 Å². The molecule has 0 radical (unpaired) electrons. The predicted molar refractivity (Wildman–Crippen MR) is 147 cm³/mol. The molecule has 1 heteroatoms. The van der Waals surface area contributed by atoms with Crippen molar-refractivity contribution in [1.82, 2.24) is 0 Å². The molecule has 0 saturated heterocycles. The molecular weight excluding hydrogens is 412 g/mol. The van der Waals surface area contributed by atoms with E-state index in [0.29, 0.717) is 0 Å². The second-order valence-corrected chi connectivity index (χ2v) is 8.76. The molecule has 0 bridgehead atoms. The van der Waals surface area contributed by atoms with Crippen LogP contribution in [0.25, 0.3) is 0 Å². The maximum absolute atomic E-state index is 6.15. The van der Waals surface area contributed by atoms with Crippen molar-refractivity contribution in [2.24, 2.45) is 0 Å². The summed E-state index contributed by atoms with van der Waals surface area (Å²) in [5, 5.41) is 0. The van der Waals surface area contributed by atoms with Crippen LogP contribution in [0.4, 0.5) is 0 Å². The number of allylic oxidation sites excluding steroid dienone is 5. The molecule has 3 aromatic carbocycles. The van der Waals surface area contributed by atoms with Crippen molar-refractivity contribution in [3.8, 4) is 5.75 Å². The molecule has 0 heterocycles. The van der Waals surface area contributed by atoms with Crippen LogP contribution in [0.2, 0.25) is 0 Å². The Morgan fingerprint density at radius 3 is 1.71 bits per heavy atom. The van der Waals surface area contributed by atoms with Crippen LogP contribution in [0.1, 0.15) is 73.3 Å². The summed E-state index contributed by atoms with van der Waals surface area (Å²) in [5.41, 5.74) is 7.16. The van der Waals surface area contributed by atoms with Gasteiger partial charge in [-0.3, -0.25) is 0 Å². The lowest BCUT2D eigenvalue weighted by Gasteiger charge is -2.26. The zero-order valence-corrected chi connectivity index (χ0v) is 20.9. The first-order valence-corrected chi connectivity index (χ1v) is 12.0. The Kier molecular flexibility index (Phi) is 8.87. The smallest absolute Gasteiger partial charge is 0.134 e. The van der Waals surface area contributed by atoms with Crippen LogP contribution in [-0.4, -0.2) is 0 Å². The minimum Gasteiger partial charge on any atom is -0.465 e. The van der Waals surface area contributed by atoms with Crippen molar-refractivity contribution in [2.75, 3.05) is 0 Å². The Balaban J connectivity index is 2.20. The Morgan fingerprint density at radius 2 is 1.26 bits per heavy atom. The van der Waals surface area contributed by atoms with E-state index in [-0.39, 0.29) is 17.8 Å². The molecule has 0 N–H and O–H groups in total. The van der Waals surface area contributed by atoms with Gasteiger partial charge in [0.25, 0.3) is 0 Å². The van der Waals surface area contributed by atoms with E-state index in [1.165, 1.54) is 27.8 Å². The average molecular weight is 449 g/mol. The van der Waals surface area contributed by atoms with Crippen LogP contribution >= 0.6 is 0 Å². The molecule has 0 fully saturated rings. The maximum atomic E-state index is 6.15. The van der Waals surface area contributed by atoms with Crippen LogP contribution in [0.3, 0.4) is 0 Å². The number of benzene rings is 3. The standard InChI is InChI=1S/C33H36O/c1-7-9-12-17-24(3)25(4)30-22-31(26(5)28-18-13-10-14-19-28)33(34-8-2)32(23-30)27(6)29-20-15-11-16-21-29/h7-23,25-27H,2-3H2,1,4-6H3/b9-7-,17-12-. The average Bonchev–Trinajstić information content (AvgIpc) is 2.88. The summed E-state index contributed by atoms with van der Waals surface area (Å²) in [6.45, 7) is 17.0. The fourth-order valence-electron chi connectivity index (χ4n) is 4.30. The zero-order valence-electron chi connectivity index (χ0n) is 20.9. The summed E-state index contributed by atoms with van der Waals surface area (Å²) < 4.78 is 6.15. The lowest BCUT2D eigenvalue weighted by atomic mass is 9.81. The van der Waals surface area contributed by atoms with Crippen LogP contribution < -0.4 is 4.74 Å². The van der Waals surface area contributed by atoms with Gasteiger partial charge in [0, 0.05) is 28.9 Å². The molecule has 3 atom stereocenters. The molecule has 174 valence electrons. The first-order valence-electron chi connectivity index (χ1n) is 12.0. The molecule has 0 aliphatic carbocycles. The van der Waals surface area contributed by atoms with E-state index in [1.807, 2.05) is 19.1 Å². The Bertz CT molecular complexity index is 1090. The quantitative estimate of drug-likeness (QED) is 0.222. The van der Waals surface area contributed by atoms with Crippen LogP contribution in [0.5, 0.6) is 5.75 Å². The summed E-state index contributed by atoms with van der Waals surface area (Å²) in [5.74, 6) is 1.39. The van der Waals surface area contributed by atoms with Crippen molar-refractivity contribution >= 4 is 0 Å². The third kappa shape index (κ3) is 5.85. The molecule has 3 unspecified atom stereocenters. The molecule has 0 spiro atoms. The van der Waals surface area contributed by atoms with Gasteiger partial charge < -0.3 is 4.74 Å². The largest absolute Gasteiger partial charge is 0.465 e. The molecule has 0 saturated carbocycles. The predicted octanol–water partition coefficient (Wildman–Crippen LogP) is 9.30. The van der Waals surface area contributed by atoms with Crippen LogP contribution in [-0.2, 0) is 0 Å². The number of hydrogen-bond donors (Lipinski definition) is 0. The van der Waals surface area contributed by atoms with E-state index in [4.69, 9.17) is 4.74 Å². The lowest BCUT2D eigenvalue weighted by Crippen LogP contribution is -2.08. The van der Waals surface area contributed by atoms with Crippen molar-refractivity contribution < 1.29 is 4.74 Å². The molecule has 3 aromatic rings. The van der Waals surface area contributed by atoms with Crippen molar-refractivity contribution in [1.29, 1.82) is 0 Å². The van der Waals surface area contributed by atoms with E-state index in [9.17, 15) is 0 Å². The van der Waals surface area contributed by atoms with Gasteiger partial charge in [-0.15, -0.1) is 0 Å². The molecule has 3 rings (SSSR count). The lowest BCUT2D eigenvalue weighted by molar-refractivity contribution is 0.466. The highest BCUT2D eigenvalue weighted by molar-refractivity contribution is 5.54. The topological polar surface area (TPSA) is 9.23 Å². The van der Waals surface area contributed by atoms with E-state index in [1.54, 1.807) is 6.26 Å². The van der Waals surface area contributed by atoms with E-state index in [2.05, 4.69) is 119 Å². The minimum atomic E-state index is 0.164. The van der Waals surface area contributed by atoms with E-state index >= 15 is 0 Å². The number of ether oxygens (including phenoxy) is 1. The van der Waals surface area contributed by atoms with Crippen LogP contribution in [0, 0.1) is 0 Å². The fraction of sp³-hybridized carbons (Fsp3) is 0.212. The van der Waals surface area contributed by atoms with Crippen LogP contribution in [0.15, 0.2) is 122 Å². The Hall–Kier alpha value is -3.58. The maximum Gasteiger partial charge on any atom is 0.134 e. The summed E-state index contributed by atoms with van der Waals surface area (Å²) in [4.78, 5) is 0. The number of hydrogen-bond acceptors (Lipinski definition) is 1. The monoisotopic (exact) mass is 448 g/mol. The van der Waals surface area contributed by atoms with E-state index in [0.717, 1.165) is 11.3 Å². The third-order valence-electron chi connectivity index (χ3n) is 6.57. The van der Waals surface area contributed by atoms with Crippen molar-refractivity contribution in [3.63, 3.8) is 0 Å². The highest BCUT2D eigenvalue weighted by Crippen LogP contribution is 2.42. The highest BCUT2D eigenvalue weighted by Gasteiger charge is 2.24. The SMILES string of the molecule is C=COc1c(C(C)c2ccccc2)cc(C(C)C(=C)/C=C\C=C/C)cc1C(C)c1ccccc1. The second-order valence-electron chi connectivity index (χ2n) is 8.76. The van der Waals surface area contributed by atoms with Gasteiger partial charge in [0.05, 0.1) is 6.26 Å². The first-order chi connectivity index (χ1) is 16.5. The Morgan fingerprint density at radius 1 is 0.765 bits per heavy atom. The van der Waals surface area contributed by atoms with Gasteiger partial charge in [-0.2, -0.15) is 0 Å². The fourth-order valence-corrected chi connectivity index (χ4v) is 4.30. The van der Waals surface area contributed by atoms with Gasteiger partial charge in [-0.25, -0.2) is 0 Å². The molecule has 0 aliphatic heterocycles. The molecule has 0 amide bonds. The summed E-state index contributed by atoms with van der Waals surface area (Å²) >= 11 is 0. The van der Waals surface area contributed by atoms with Gasteiger partial charge in [-0.1, -0.05) is 131 Å². The highest BCUT2D eigenvalue weighted by atomic mass is 16.5. The normalized spacial score (nSPS) is 14.1. The summed E-state index contributed by atoms with van der Waals surface area (Å²) in [6, 6.07) is 25.8. The number of rotatable bonds is 10. The molecule has 34 heavy (non-hydrogen) atoms. The van der Waals surface area contributed by atoms with Gasteiger partial charge in [-0.05, 0) is 29.2 Å². The Labute approximate surface area is 205 Å². The van der Waals surface area contributed by atoms with Gasteiger partial charge in [0.15, 0.2) is 0 Å². The van der Waals surface area contributed by atoms with Gasteiger partial charge in [0.1, 0.15) is 5.75 Å².